The van der Waals surface area contributed by atoms with Gasteiger partial charge < -0.3 is 45.1 Å². The van der Waals surface area contributed by atoms with Crippen molar-refractivity contribution in [3.8, 4) is 11.5 Å². The lowest BCUT2D eigenvalue weighted by atomic mass is 9.78. The Morgan fingerprint density at radius 2 is 1.55 bits per heavy atom. The first-order valence-corrected chi connectivity index (χ1v) is 16.1. The highest BCUT2D eigenvalue weighted by atomic mass is 16.7. The maximum Gasteiger partial charge on any atom is 0.302 e. The van der Waals surface area contributed by atoms with Crippen LogP contribution in [-0.4, -0.2) is 79.2 Å². The first-order valence-electron chi connectivity index (χ1n) is 16.1. The van der Waals surface area contributed by atoms with Crippen LogP contribution in [0.15, 0.2) is 47.9 Å². The largest absolute Gasteiger partial charge is 0.507 e. The SMILES string of the molecule is CC(=O)O[C@H]1[C@H](C)[C@H](O)[C@H](C)[C@@H](O)[C@@H](C)/C=C\C=C/C(=O)NC2=C(C)C(=O)c3c(c(O)c(C)c4c3[C@H](O)[C@](C)(O/C=C\[C@H](O)[C@H]1C)O4)C2=O. The van der Waals surface area contributed by atoms with Crippen LogP contribution >= 0.6 is 0 Å². The monoisotopic (exact) mass is 683 g/mol. The van der Waals surface area contributed by atoms with Gasteiger partial charge in [0.2, 0.25) is 11.7 Å². The highest BCUT2D eigenvalue weighted by molar-refractivity contribution is 6.29. The highest BCUT2D eigenvalue weighted by Gasteiger charge is 2.52. The Balaban J connectivity index is 1.81. The van der Waals surface area contributed by atoms with Crippen molar-refractivity contribution in [3.05, 3.63) is 70.2 Å². The van der Waals surface area contributed by atoms with E-state index >= 15 is 0 Å². The number of hydrogen-bond donors (Lipinski definition) is 6. The molecular formula is C36H45NO12. The topological polar surface area (TPSA) is 209 Å². The van der Waals surface area contributed by atoms with Crippen molar-refractivity contribution < 1.29 is 58.9 Å². The zero-order valence-electron chi connectivity index (χ0n) is 28.8. The summed E-state index contributed by atoms with van der Waals surface area (Å²) in [5, 5.41) is 58.4. The number of rotatable bonds is 1. The van der Waals surface area contributed by atoms with Gasteiger partial charge in [0.15, 0.2) is 11.9 Å². The van der Waals surface area contributed by atoms with Gasteiger partial charge in [-0.3, -0.25) is 19.2 Å². The van der Waals surface area contributed by atoms with Gasteiger partial charge in [0, 0.05) is 65.9 Å². The molecule has 1 aliphatic carbocycles. The number of hydrogen-bond acceptors (Lipinski definition) is 12. The van der Waals surface area contributed by atoms with E-state index < -0.39 is 94.7 Å². The number of nitrogens with one attached hydrogen (secondary N) is 1. The summed E-state index contributed by atoms with van der Waals surface area (Å²) in [6.07, 6.45) is 1.70. The number of aliphatic hydroxyl groups is 4. The van der Waals surface area contributed by atoms with E-state index in [2.05, 4.69) is 5.32 Å². The number of carbonyl (C=O) groups excluding carboxylic acids is 4. The summed E-state index contributed by atoms with van der Waals surface area (Å²) in [5.74, 6) is -8.26. The number of ether oxygens (including phenoxy) is 3. The first-order chi connectivity index (χ1) is 22.8. The maximum atomic E-state index is 13.7. The summed E-state index contributed by atoms with van der Waals surface area (Å²) in [6.45, 7) is 11.9. The number of allylic oxidation sites excluding steroid dienone is 4. The molecule has 4 aliphatic rings. The number of Topliss-reactive ketones (excluding diaryl/α,β-unsaturated/α-hetero) is 2. The van der Waals surface area contributed by atoms with E-state index in [9.17, 15) is 44.7 Å². The maximum absolute atomic E-state index is 13.7. The van der Waals surface area contributed by atoms with Crippen LogP contribution in [0.4, 0.5) is 0 Å². The molecule has 10 atom stereocenters. The molecule has 1 aromatic carbocycles. The van der Waals surface area contributed by atoms with E-state index in [0.717, 1.165) is 12.3 Å². The fraction of sp³-hybridized carbons (Fsp3) is 0.500. The van der Waals surface area contributed by atoms with E-state index in [-0.39, 0.29) is 33.7 Å². The summed E-state index contributed by atoms with van der Waals surface area (Å²) >= 11 is 0. The Hall–Kier alpha value is -4.30. The summed E-state index contributed by atoms with van der Waals surface area (Å²) in [6, 6.07) is 0. The van der Waals surface area contributed by atoms with Crippen LogP contribution in [0.3, 0.4) is 0 Å². The number of aromatic hydroxyl groups is 1. The van der Waals surface area contributed by atoms with E-state index in [1.54, 1.807) is 33.8 Å². The quantitative estimate of drug-likeness (QED) is 0.236. The third-order valence-corrected chi connectivity index (χ3v) is 9.80. The van der Waals surface area contributed by atoms with Crippen molar-refractivity contribution in [2.75, 3.05) is 0 Å². The second-order valence-corrected chi connectivity index (χ2v) is 13.3. The van der Waals surface area contributed by atoms with E-state index in [1.165, 1.54) is 45.9 Å². The molecule has 0 saturated heterocycles. The fourth-order valence-electron chi connectivity index (χ4n) is 6.59. The van der Waals surface area contributed by atoms with Crippen molar-refractivity contribution in [3.63, 3.8) is 0 Å². The molecule has 1 aromatic rings. The van der Waals surface area contributed by atoms with Gasteiger partial charge in [0.25, 0.3) is 5.79 Å². The number of carbonyl (C=O) groups is 4. The van der Waals surface area contributed by atoms with Gasteiger partial charge >= 0.3 is 5.97 Å². The number of phenolic OH excluding ortho intramolecular Hbond substituents is 1. The zero-order chi connectivity index (χ0) is 36.7. The molecule has 0 radical (unpaired) electrons. The lowest BCUT2D eigenvalue weighted by molar-refractivity contribution is -0.181. The minimum Gasteiger partial charge on any atom is -0.507 e. The Morgan fingerprint density at radius 3 is 2.18 bits per heavy atom. The molecule has 0 fully saturated rings. The lowest BCUT2D eigenvalue weighted by Crippen LogP contribution is -2.46. The van der Waals surface area contributed by atoms with Crippen molar-refractivity contribution in [2.45, 2.75) is 91.7 Å². The van der Waals surface area contributed by atoms with Gasteiger partial charge in [-0.05, 0) is 19.9 Å². The first kappa shape index (κ1) is 37.5. The van der Waals surface area contributed by atoms with Crippen LogP contribution in [0.2, 0.25) is 0 Å². The molecule has 0 spiro atoms. The Morgan fingerprint density at radius 1 is 0.898 bits per heavy atom. The molecule has 1 amide bonds. The van der Waals surface area contributed by atoms with Crippen LogP contribution in [0.25, 0.3) is 0 Å². The summed E-state index contributed by atoms with van der Waals surface area (Å²) in [7, 11) is 0. The van der Waals surface area contributed by atoms with Crippen molar-refractivity contribution in [2.24, 2.45) is 23.7 Å². The molecule has 266 valence electrons. The third-order valence-electron chi connectivity index (χ3n) is 9.80. The normalized spacial score (nSPS) is 36.0. The predicted molar refractivity (Wildman–Crippen MR) is 175 cm³/mol. The molecule has 0 unspecified atom stereocenters. The van der Waals surface area contributed by atoms with E-state index in [0.29, 0.717) is 0 Å². The molecule has 49 heavy (non-hydrogen) atoms. The standard InChI is InChI=1S/C36H45NO12/c1-15-11-9-10-12-23(40)37-27-17(3)30(43)24-25(32(27)45)31(44)20(6)34-26(24)35(46)36(8,49-34)47-14-13-22(39)16(2)33(48-21(7)38)19(5)29(42)18(4)28(15)41/h9-16,18-19,22,28-29,33,35,39,41-42,44,46H,1-8H3,(H,37,40)/b11-9-,12-10-,14-13-/t15-,16+,18+,19+,22-,28-,29+,33+,35-,36+/m0/s1. The number of aliphatic hydroxyl groups excluding tert-OH is 4. The minimum atomic E-state index is -1.89. The fourth-order valence-corrected chi connectivity index (χ4v) is 6.59. The highest BCUT2D eigenvalue weighted by Crippen LogP contribution is 2.53. The summed E-state index contributed by atoms with van der Waals surface area (Å²) in [4.78, 5) is 52.3. The number of amides is 1. The van der Waals surface area contributed by atoms with Crippen LogP contribution in [0.1, 0.15) is 86.4 Å². The third kappa shape index (κ3) is 6.93. The van der Waals surface area contributed by atoms with Crippen LogP contribution in [-0.2, 0) is 19.1 Å². The lowest BCUT2D eigenvalue weighted by Gasteiger charge is -2.37. The number of benzene rings is 1. The Kier molecular flexibility index (Phi) is 10.9. The molecule has 3 aliphatic heterocycles. The van der Waals surface area contributed by atoms with Crippen molar-refractivity contribution in [1.82, 2.24) is 5.32 Å². The summed E-state index contributed by atoms with van der Waals surface area (Å²) in [5.41, 5.74) is -1.21. The zero-order valence-corrected chi connectivity index (χ0v) is 28.8. The number of ketones is 2. The summed E-state index contributed by atoms with van der Waals surface area (Å²) < 4.78 is 17.3. The van der Waals surface area contributed by atoms with Gasteiger partial charge in [-0.25, -0.2) is 0 Å². The Labute approximate surface area is 284 Å². The minimum absolute atomic E-state index is 0.0435. The van der Waals surface area contributed by atoms with Gasteiger partial charge in [-0.15, -0.1) is 0 Å². The predicted octanol–water partition coefficient (Wildman–Crippen LogP) is 2.83. The average molecular weight is 684 g/mol. The van der Waals surface area contributed by atoms with Crippen molar-refractivity contribution in [1.29, 1.82) is 0 Å². The second-order valence-electron chi connectivity index (χ2n) is 13.3. The number of phenols is 1. The molecule has 5 bridgehead atoms. The molecule has 13 heteroatoms. The Bertz CT molecular complexity index is 1660. The van der Waals surface area contributed by atoms with Gasteiger partial charge in [0.1, 0.15) is 17.6 Å². The van der Waals surface area contributed by atoms with Crippen molar-refractivity contribution >= 4 is 23.4 Å². The molecule has 6 N–H and O–H groups in total. The molecule has 5 rings (SSSR count). The number of esters is 1. The molecule has 13 nitrogen and oxygen atoms in total. The van der Waals surface area contributed by atoms with Gasteiger partial charge in [0.05, 0.1) is 35.8 Å². The van der Waals surface area contributed by atoms with E-state index in [4.69, 9.17) is 14.2 Å². The van der Waals surface area contributed by atoms with Gasteiger partial charge in [-0.1, -0.05) is 45.9 Å². The number of fused-ring (bicyclic) bond motifs is 14. The molecular weight excluding hydrogens is 638 g/mol. The van der Waals surface area contributed by atoms with E-state index in [1.807, 2.05) is 0 Å². The second kappa shape index (κ2) is 14.3. The molecule has 0 saturated carbocycles. The molecule has 3 heterocycles. The van der Waals surface area contributed by atoms with Gasteiger partial charge in [-0.2, -0.15) is 0 Å². The molecule has 0 aromatic heterocycles. The van der Waals surface area contributed by atoms with Crippen LogP contribution < -0.4 is 10.1 Å². The van der Waals surface area contributed by atoms with Crippen LogP contribution in [0.5, 0.6) is 11.5 Å². The smallest absolute Gasteiger partial charge is 0.302 e. The average Bonchev–Trinajstić information content (AvgIpc) is 3.31. The van der Waals surface area contributed by atoms with Crippen LogP contribution in [0, 0.1) is 30.6 Å².